The van der Waals surface area contributed by atoms with E-state index in [1.54, 1.807) is 12.1 Å². The molecule has 1 saturated heterocycles. The molecule has 2 rings (SSSR count). The van der Waals surface area contributed by atoms with E-state index in [1.165, 1.54) is 6.26 Å². The van der Waals surface area contributed by atoms with Crippen molar-refractivity contribution in [2.24, 2.45) is 5.92 Å². The summed E-state index contributed by atoms with van der Waals surface area (Å²) >= 11 is 0. The van der Waals surface area contributed by atoms with Crippen LogP contribution in [0.3, 0.4) is 0 Å². The minimum absolute atomic E-state index is 0.289. The molecule has 1 aromatic carbocycles. The maximum atomic E-state index is 11.4. The number of hydrogen-bond acceptors (Lipinski definition) is 4. The van der Waals surface area contributed by atoms with E-state index in [9.17, 15) is 8.42 Å². The van der Waals surface area contributed by atoms with Crippen molar-refractivity contribution in [3.63, 3.8) is 0 Å². The van der Waals surface area contributed by atoms with Crippen LogP contribution in [0.1, 0.15) is 18.4 Å². The van der Waals surface area contributed by atoms with Gasteiger partial charge < -0.3 is 5.11 Å². The van der Waals surface area contributed by atoms with E-state index < -0.39 is 9.84 Å². The number of nitrogens with zero attached hydrogens (tertiary/aromatic N) is 1. The smallest absolute Gasteiger partial charge is 0.175 e. The summed E-state index contributed by atoms with van der Waals surface area (Å²) in [5.41, 5.74) is 1.13. The van der Waals surface area contributed by atoms with Gasteiger partial charge in [-0.1, -0.05) is 12.1 Å². The van der Waals surface area contributed by atoms with Crippen LogP contribution in [0.15, 0.2) is 29.2 Å². The van der Waals surface area contributed by atoms with Crippen LogP contribution in [0, 0.1) is 5.92 Å². The Kier molecular flexibility index (Phi) is 4.60. The average Bonchev–Trinajstić information content (AvgIpc) is 2.39. The van der Waals surface area contributed by atoms with Gasteiger partial charge in [0.2, 0.25) is 0 Å². The van der Waals surface area contributed by atoms with Crippen molar-refractivity contribution in [2.45, 2.75) is 24.3 Å². The van der Waals surface area contributed by atoms with Crippen molar-refractivity contribution < 1.29 is 13.5 Å². The van der Waals surface area contributed by atoms with Crippen LogP contribution in [0.2, 0.25) is 0 Å². The molecule has 0 aliphatic carbocycles. The van der Waals surface area contributed by atoms with Crippen LogP contribution < -0.4 is 0 Å². The number of sulfone groups is 1. The molecular weight excluding hydrogens is 262 g/mol. The van der Waals surface area contributed by atoms with Crippen LogP contribution in [-0.2, 0) is 16.4 Å². The Balaban J connectivity index is 1.94. The Hall–Kier alpha value is -0.910. The molecule has 0 atom stereocenters. The summed E-state index contributed by atoms with van der Waals surface area (Å²) in [4.78, 5) is 2.72. The number of hydrogen-bond donors (Lipinski definition) is 1. The summed E-state index contributed by atoms with van der Waals surface area (Å²) < 4.78 is 22.7. The van der Waals surface area contributed by atoms with Crippen molar-refractivity contribution in [3.05, 3.63) is 29.8 Å². The Morgan fingerprint density at radius 2 is 1.79 bits per heavy atom. The highest BCUT2D eigenvalue weighted by Gasteiger charge is 2.18. The summed E-state index contributed by atoms with van der Waals surface area (Å²) in [5.74, 6) is 0.448. The molecule has 4 nitrogen and oxygen atoms in total. The van der Waals surface area contributed by atoms with Crippen molar-refractivity contribution in [2.75, 3.05) is 26.0 Å². The van der Waals surface area contributed by atoms with Gasteiger partial charge in [-0.3, -0.25) is 4.90 Å². The summed E-state index contributed by atoms with van der Waals surface area (Å²) in [6.07, 6.45) is 3.30. The number of aliphatic hydroxyl groups excluding tert-OH is 1. The van der Waals surface area contributed by atoms with Gasteiger partial charge >= 0.3 is 0 Å². The molecule has 1 aliphatic heterocycles. The molecule has 0 radical (unpaired) electrons. The van der Waals surface area contributed by atoms with Crippen LogP contribution in [0.5, 0.6) is 0 Å². The lowest BCUT2D eigenvalue weighted by atomic mass is 9.97. The first kappa shape index (κ1) is 14.5. The highest BCUT2D eigenvalue weighted by Crippen LogP contribution is 2.19. The zero-order chi connectivity index (χ0) is 13.9. The number of rotatable bonds is 4. The van der Waals surface area contributed by atoms with Gasteiger partial charge in [-0.25, -0.2) is 8.42 Å². The second kappa shape index (κ2) is 6.03. The van der Waals surface area contributed by atoms with Crippen LogP contribution in [0.25, 0.3) is 0 Å². The van der Waals surface area contributed by atoms with Crippen LogP contribution in [0.4, 0.5) is 0 Å². The molecule has 0 bridgehead atoms. The molecule has 0 unspecified atom stereocenters. The zero-order valence-corrected chi connectivity index (χ0v) is 12.1. The van der Waals surface area contributed by atoms with E-state index >= 15 is 0 Å². The zero-order valence-electron chi connectivity index (χ0n) is 11.2. The van der Waals surface area contributed by atoms with Gasteiger partial charge in [0.1, 0.15) is 0 Å². The summed E-state index contributed by atoms with van der Waals surface area (Å²) in [6.45, 7) is 3.14. The quantitative estimate of drug-likeness (QED) is 0.905. The topological polar surface area (TPSA) is 57.6 Å². The van der Waals surface area contributed by atoms with E-state index in [0.717, 1.165) is 38.0 Å². The molecule has 1 heterocycles. The monoisotopic (exact) mass is 283 g/mol. The van der Waals surface area contributed by atoms with Crippen molar-refractivity contribution in [1.29, 1.82) is 0 Å². The molecule has 1 aliphatic rings. The Labute approximate surface area is 115 Å². The Bertz CT molecular complexity index is 502. The molecule has 0 spiro atoms. The molecule has 0 saturated carbocycles. The van der Waals surface area contributed by atoms with Crippen molar-refractivity contribution in [1.82, 2.24) is 4.90 Å². The third kappa shape index (κ3) is 4.03. The highest BCUT2D eigenvalue weighted by atomic mass is 32.2. The average molecular weight is 283 g/mol. The van der Waals surface area contributed by atoms with E-state index in [0.29, 0.717) is 10.8 Å². The number of aliphatic hydroxyl groups is 1. The molecule has 0 amide bonds. The van der Waals surface area contributed by atoms with Crippen LogP contribution >= 0.6 is 0 Å². The first-order valence-electron chi connectivity index (χ1n) is 6.61. The molecule has 0 aromatic heterocycles. The second-order valence-electron chi connectivity index (χ2n) is 5.32. The maximum Gasteiger partial charge on any atom is 0.175 e. The van der Waals surface area contributed by atoms with Gasteiger partial charge in [0.25, 0.3) is 0 Å². The maximum absolute atomic E-state index is 11.4. The molecule has 106 valence electrons. The predicted octanol–water partition coefficient (Wildman–Crippen LogP) is 1.29. The van der Waals surface area contributed by atoms with Gasteiger partial charge in [0.15, 0.2) is 9.84 Å². The molecule has 5 heteroatoms. The third-order valence-electron chi connectivity index (χ3n) is 3.72. The number of piperidine rings is 1. The molecule has 1 N–H and O–H groups in total. The Morgan fingerprint density at radius 3 is 2.26 bits per heavy atom. The van der Waals surface area contributed by atoms with Gasteiger partial charge in [0.05, 0.1) is 4.90 Å². The molecule has 1 aromatic rings. The van der Waals surface area contributed by atoms with Crippen molar-refractivity contribution in [3.8, 4) is 0 Å². The van der Waals surface area contributed by atoms with E-state index in [1.807, 2.05) is 12.1 Å². The summed E-state index contributed by atoms with van der Waals surface area (Å²) in [5, 5.41) is 9.10. The first-order valence-corrected chi connectivity index (χ1v) is 8.50. The molecular formula is C14H21NO3S. The SMILES string of the molecule is CS(=O)(=O)c1ccc(CN2CCC(CO)CC2)cc1. The largest absolute Gasteiger partial charge is 0.396 e. The highest BCUT2D eigenvalue weighted by molar-refractivity contribution is 7.90. The minimum Gasteiger partial charge on any atom is -0.396 e. The third-order valence-corrected chi connectivity index (χ3v) is 4.85. The lowest BCUT2D eigenvalue weighted by molar-refractivity contribution is 0.127. The van der Waals surface area contributed by atoms with E-state index in [4.69, 9.17) is 5.11 Å². The van der Waals surface area contributed by atoms with Gasteiger partial charge in [-0.2, -0.15) is 0 Å². The first-order chi connectivity index (χ1) is 8.99. The van der Waals surface area contributed by atoms with E-state index in [-0.39, 0.29) is 6.61 Å². The van der Waals surface area contributed by atoms with Gasteiger partial charge in [-0.05, 0) is 49.5 Å². The van der Waals surface area contributed by atoms with Crippen LogP contribution in [-0.4, -0.2) is 44.4 Å². The van der Waals surface area contributed by atoms with E-state index in [2.05, 4.69) is 4.90 Å². The van der Waals surface area contributed by atoms with Gasteiger partial charge in [0, 0.05) is 19.4 Å². The second-order valence-corrected chi connectivity index (χ2v) is 7.33. The predicted molar refractivity (Wildman–Crippen MR) is 74.6 cm³/mol. The number of benzene rings is 1. The fourth-order valence-corrected chi connectivity index (χ4v) is 3.06. The normalized spacial score (nSPS) is 18.6. The van der Waals surface area contributed by atoms with Crippen molar-refractivity contribution >= 4 is 9.84 Å². The lowest BCUT2D eigenvalue weighted by Crippen LogP contribution is -2.34. The summed E-state index contributed by atoms with van der Waals surface area (Å²) in [7, 11) is -3.10. The molecule has 19 heavy (non-hydrogen) atoms. The Morgan fingerprint density at radius 1 is 1.21 bits per heavy atom. The van der Waals surface area contributed by atoms with Gasteiger partial charge in [-0.15, -0.1) is 0 Å². The molecule has 1 fully saturated rings. The number of likely N-dealkylation sites (tertiary alicyclic amines) is 1. The standard InChI is InChI=1S/C14H21NO3S/c1-19(17,18)14-4-2-12(3-5-14)10-15-8-6-13(11-16)7-9-15/h2-5,13,16H,6-11H2,1H3. The minimum atomic E-state index is -3.10. The fraction of sp³-hybridized carbons (Fsp3) is 0.571. The lowest BCUT2D eigenvalue weighted by Gasteiger charge is -2.31. The summed E-state index contributed by atoms with van der Waals surface area (Å²) in [6, 6.07) is 7.11. The fourth-order valence-electron chi connectivity index (χ4n) is 2.43.